The van der Waals surface area contributed by atoms with Gasteiger partial charge in [-0.3, -0.25) is 4.79 Å². The molecular weight excluding hydrogens is 462 g/mol. The van der Waals surface area contributed by atoms with E-state index in [9.17, 15) is 4.79 Å². The van der Waals surface area contributed by atoms with Gasteiger partial charge in [0.2, 0.25) is 0 Å². The number of carbonyl (C=O) groups excluding carboxylic acids is 1. The zero-order chi connectivity index (χ0) is 14.0. The van der Waals surface area contributed by atoms with E-state index in [1.165, 1.54) is 0 Å². The summed E-state index contributed by atoms with van der Waals surface area (Å²) in [7, 11) is 0. The van der Waals surface area contributed by atoms with Crippen LogP contribution in [0.25, 0.3) is 0 Å². The molecule has 0 radical (unpaired) electrons. The van der Waals surface area contributed by atoms with Crippen molar-refractivity contribution in [2.75, 3.05) is 0 Å². The summed E-state index contributed by atoms with van der Waals surface area (Å²) in [5, 5.41) is 0.964. The molecule has 0 spiro atoms. The third-order valence-electron chi connectivity index (χ3n) is 2.58. The number of halogens is 4. The molecule has 0 aromatic heterocycles. The Hall–Kier alpha value is -0.100. The van der Waals surface area contributed by atoms with E-state index in [4.69, 9.17) is 23.2 Å². The van der Waals surface area contributed by atoms with E-state index in [0.29, 0.717) is 22.0 Å². The summed E-state index contributed by atoms with van der Waals surface area (Å²) in [5.41, 5.74) is 1.57. The molecule has 0 aliphatic heterocycles. The zero-order valence-corrected chi connectivity index (χ0v) is 14.8. The topological polar surface area (TPSA) is 17.1 Å². The van der Waals surface area contributed by atoms with E-state index in [1.807, 2.05) is 24.3 Å². The zero-order valence-electron chi connectivity index (χ0n) is 9.59. The number of hydrogen-bond acceptors (Lipinski definition) is 1. The lowest BCUT2D eigenvalue weighted by molar-refractivity contribution is 0.0992. The molecule has 0 unspecified atom stereocenters. The first kappa shape index (κ1) is 15.3. The largest absolute Gasteiger partial charge is 0.294 e. The molecule has 0 saturated heterocycles. The van der Waals surface area contributed by atoms with Crippen LogP contribution in [-0.4, -0.2) is 5.78 Å². The average molecular weight is 470 g/mol. The maximum atomic E-state index is 12.3. The van der Waals surface area contributed by atoms with E-state index < -0.39 is 0 Å². The van der Waals surface area contributed by atoms with Gasteiger partial charge in [0.15, 0.2) is 5.78 Å². The van der Waals surface area contributed by atoms with Gasteiger partial charge in [-0.15, -0.1) is 0 Å². The molecule has 0 atom stereocenters. The van der Waals surface area contributed by atoms with Crippen LogP contribution in [-0.2, 0) is 6.42 Å². The van der Waals surface area contributed by atoms with Crippen LogP contribution < -0.4 is 0 Å². The summed E-state index contributed by atoms with van der Waals surface area (Å²) in [5.74, 6) is 0.0593. The standard InChI is InChI=1S/C14H8BrCl2IO/c15-9-2-4-13(18)10(7-9)14(19)6-8-1-3-11(16)12(17)5-8/h1-5,7H,6H2. The van der Waals surface area contributed by atoms with Crippen LogP contribution in [0.4, 0.5) is 0 Å². The maximum Gasteiger partial charge on any atom is 0.168 e. The Morgan fingerprint density at radius 2 is 1.84 bits per heavy atom. The minimum atomic E-state index is 0.0593. The molecule has 0 saturated carbocycles. The van der Waals surface area contributed by atoms with Crippen molar-refractivity contribution in [3.8, 4) is 0 Å². The highest BCUT2D eigenvalue weighted by Gasteiger charge is 2.12. The second-order valence-corrected chi connectivity index (χ2v) is 6.86. The van der Waals surface area contributed by atoms with Gasteiger partial charge in [0, 0.05) is 20.0 Å². The molecule has 0 bridgehead atoms. The van der Waals surface area contributed by atoms with Crippen LogP contribution in [0.3, 0.4) is 0 Å². The summed E-state index contributed by atoms with van der Waals surface area (Å²) in [4.78, 5) is 12.3. The third-order valence-corrected chi connectivity index (χ3v) is 4.75. The van der Waals surface area contributed by atoms with Crippen LogP contribution in [0.2, 0.25) is 10.0 Å². The molecule has 0 fully saturated rings. The molecule has 2 aromatic carbocycles. The van der Waals surface area contributed by atoms with Crippen molar-refractivity contribution in [2.45, 2.75) is 6.42 Å². The first-order valence-corrected chi connectivity index (χ1v) is 8.02. The van der Waals surface area contributed by atoms with Crippen LogP contribution in [0.5, 0.6) is 0 Å². The molecule has 0 amide bonds. The maximum absolute atomic E-state index is 12.3. The highest BCUT2D eigenvalue weighted by atomic mass is 127. The molecule has 2 rings (SSSR count). The monoisotopic (exact) mass is 468 g/mol. The van der Waals surface area contributed by atoms with Gasteiger partial charge in [-0.2, -0.15) is 0 Å². The van der Waals surface area contributed by atoms with E-state index in [1.54, 1.807) is 12.1 Å². The summed E-state index contributed by atoms with van der Waals surface area (Å²) in [6.45, 7) is 0. The van der Waals surface area contributed by atoms with Gasteiger partial charge in [0.05, 0.1) is 10.0 Å². The van der Waals surface area contributed by atoms with E-state index >= 15 is 0 Å². The average Bonchev–Trinajstić information content (AvgIpc) is 2.36. The fourth-order valence-corrected chi connectivity index (χ4v) is 2.96. The Morgan fingerprint density at radius 3 is 2.53 bits per heavy atom. The van der Waals surface area contributed by atoms with Crippen molar-refractivity contribution in [1.82, 2.24) is 0 Å². The first-order valence-electron chi connectivity index (χ1n) is 5.39. The molecule has 2 aromatic rings. The van der Waals surface area contributed by atoms with Gasteiger partial charge in [0.1, 0.15) is 0 Å². The molecule has 0 N–H and O–H groups in total. The predicted molar refractivity (Wildman–Crippen MR) is 91.4 cm³/mol. The highest BCUT2D eigenvalue weighted by molar-refractivity contribution is 14.1. The van der Waals surface area contributed by atoms with Gasteiger partial charge in [-0.1, -0.05) is 45.2 Å². The van der Waals surface area contributed by atoms with Gasteiger partial charge in [-0.25, -0.2) is 0 Å². The minimum Gasteiger partial charge on any atom is -0.294 e. The Labute approximate surface area is 143 Å². The summed E-state index contributed by atoms with van der Waals surface area (Å²) in [6.07, 6.45) is 0.309. The summed E-state index contributed by atoms with van der Waals surface area (Å²) in [6, 6.07) is 10.9. The molecular formula is C14H8BrCl2IO. The second-order valence-electron chi connectivity index (χ2n) is 3.97. The second kappa shape index (κ2) is 6.57. The van der Waals surface area contributed by atoms with Crippen LogP contribution in [0.15, 0.2) is 40.9 Å². The van der Waals surface area contributed by atoms with Crippen molar-refractivity contribution in [1.29, 1.82) is 0 Å². The fourth-order valence-electron chi connectivity index (χ4n) is 1.64. The highest BCUT2D eigenvalue weighted by Crippen LogP contribution is 2.24. The molecule has 0 aliphatic rings. The number of benzene rings is 2. The Balaban J connectivity index is 2.25. The molecule has 98 valence electrons. The SMILES string of the molecule is O=C(Cc1ccc(Cl)c(Cl)c1)c1cc(Br)ccc1I. The fraction of sp³-hybridized carbons (Fsp3) is 0.0714. The first-order chi connectivity index (χ1) is 8.97. The van der Waals surface area contributed by atoms with E-state index in [-0.39, 0.29) is 5.78 Å². The lowest BCUT2D eigenvalue weighted by Gasteiger charge is -2.06. The Morgan fingerprint density at radius 1 is 1.11 bits per heavy atom. The van der Waals surface area contributed by atoms with Gasteiger partial charge >= 0.3 is 0 Å². The smallest absolute Gasteiger partial charge is 0.168 e. The van der Waals surface area contributed by atoms with Crippen LogP contribution >= 0.6 is 61.7 Å². The van der Waals surface area contributed by atoms with Crippen molar-refractivity contribution in [2.24, 2.45) is 0 Å². The minimum absolute atomic E-state index is 0.0593. The summed E-state index contributed by atoms with van der Waals surface area (Å²) < 4.78 is 1.83. The number of Topliss-reactive ketones (excluding diaryl/α,β-unsaturated/α-hetero) is 1. The number of ketones is 1. The lowest BCUT2D eigenvalue weighted by atomic mass is 10.0. The molecule has 19 heavy (non-hydrogen) atoms. The molecule has 5 heteroatoms. The molecule has 1 nitrogen and oxygen atoms in total. The molecule has 0 heterocycles. The predicted octanol–water partition coefficient (Wildman–Crippen LogP) is 5.79. The van der Waals surface area contributed by atoms with Gasteiger partial charge in [0.25, 0.3) is 0 Å². The van der Waals surface area contributed by atoms with Crippen LogP contribution in [0.1, 0.15) is 15.9 Å². The van der Waals surface area contributed by atoms with E-state index in [2.05, 4.69) is 38.5 Å². The van der Waals surface area contributed by atoms with Crippen LogP contribution in [0, 0.1) is 3.57 Å². The number of hydrogen-bond donors (Lipinski definition) is 0. The van der Waals surface area contributed by atoms with E-state index in [0.717, 1.165) is 13.6 Å². The Bertz CT molecular complexity index is 643. The number of carbonyl (C=O) groups is 1. The summed E-state index contributed by atoms with van der Waals surface area (Å²) >= 11 is 17.3. The quantitative estimate of drug-likeness (QED) is 0.411. The third kappa shape index (κ3) is 3.94. The normalized spacial score (nSPS) is 10.5. The number of rotatable bonds is 3. The van der Waals surface area contributed by atoms with Crippen molar-refractivity contribution in [3.63, 3.8) is 0 Å². The lowest BCUT2D eigenvalue weighted by Crippen LogP contribution is -2.05. The van der Waals surface area contributed by atoms with Gasteiger partial charge < -0.3 is 0 Å². The van der Waals surface area contributed by atoms with Crippen molar-refractivity contribution < 1.29 is 4.79 Å². The van der Waals surface area contributed by atoms with Crippen molar-refractivity contribution in [3.05, 3.63) is 65.6 Å². The van der Waals surface area contributed by atoms with Crippen molar-refractivity contribution >= 4 is 67.5 Å². The Kier molecular flexibility index (Phi) is 5.29. The van der Waals surface area contributed by atoms with Gasteiger partial charge in [-0.05, 0) is 58.5 Å². The molecule has 0 aliphatic carbocycles.